The summed E-state index contributed by atoms with van der Waals surface area (Å²) >= 11 is 0. The predicted molar refractivity (Wildman–Crippen MR) is 414 cm³/mol. The maximum absolute atomic E-state index is 13.1. The Morgan fingerprint density at radius 2 is 0.475 bits per heavy atom. The van der Waals surface area contributed by atoms with E-state index in [0.717, 1.165) is 102 Å². The van der Waals surface area contributed by atoms with Gasteiger partial charge in [0.05, 0.1) is 26.4 Å². The molecule has 0 saturated heterocycles. The standard InChI is InChI=1S/C82H160O17P2/c1-6-10-13-16-19-22-25-27-29-31-33-34-36-38-40-42-45-48-51-58-63-68-82(87)98-77(71-92-79(84)65-60-55-49-46-44-41-39-37-35-32-30-28-26-23-20-17-14-11-7-2)73-96-100(88,89)94-69-76(83)70-95-101(90,91)97-74-78(72-93-80(85)66-61-56-53-52-54-59-64-75(5)9-4)99-81(86)67-62-57-50-47-43-24-21-18-15-12-8-3/h75-78,83H,6-74H2,1-5H3,(H,88,89)(H,90,91)/t75?,76-,77-,78-/m1/s1. The molecule has 0 fully saturated rings. The van der Waals surface area contributed by atoms with Crippen LogP contribution >= 0.6 is 15.6 Å². The number of rotatable bonds is 82. The number of phosphoric ester groups is 2. The van der Waals surface area contributed by atoms with Crippen molar-refractivity contribution in [2.45, 2.75) is 457 Å². The van der Waals surface area contributed by atoms with Crippen molar-refractivity contribution in [1.82, 2.24) is 0 Å². The van der Waals surface area contributed by atoms with Gasteiger partial charge in [-0.25, -0.2) is 9.13 Å². The lowest BCUT2D eigenvalue weighted by molar-refractivity contribution is -0.161. The number of phosphoric acid groups is 2. The third-order valence-electron chi connectivity index (χ3n) is 19.6. The summed E-state index contributed by atoms with van der Waals surface area (Å²) < 4.78 is 68.7. The van der Waals surface area contributed by atoms with Gasteiger partial charge in [-0.05, 0) is 31.6 Å². The zero-order chi connectivity index (χ0) is 74.1. The summed E-state index contributed by atoms with van der Waals surface area (Å²) in [4.78, 5) is 73.0. The molecule has 101 heavy (non-hydrogen) atoms. The smallest absolute Gasteiger partial charge is 0.462 e. The lowest BCUT2D eigenvalue weighted by atomic mass is 10.00. The number of hydrogen-bond acceptors (Lipinski definition) is 15. The minimum Gasteiger partial charge on any atom is -0.462 e. The van der Waals surface area contributed by atoms with Crippen molar-refractivity contribution < 1.29 is 80.2 Å². The van der Waals surface area contributed by atoms with Gasteiger partial charge in [-0.2, -0.15) is 0 Å². The van der Waals surface area contributed by atoms with Crippen LogP contribution in [0.1, 0.15) is 439 Å². The SMILES string of the molecule is CCCCCCCCCCCCCCCCCCCCCCCC(=O)O[C@H](COC(=O)CCCCCCCCCCCCCCCCCCCCC)COP(=O)(O)OC[C@@H](O)COP(=O)(O)OC[C@@H](COC(=O)CCCCCCCCC(C)CC)OC(=O)CCCCCCCCCCCCC. The van der Waals surface area contributed by atoms with Crippen LogP contribution in [0.15, 0.2) is 0 Å². The summed E-state index contributed by atoms with van der Waals surface area (Å²) in [5.74, 6) is -1.38. The largest absolute Gasteiger partial charge is 0.472 e. The van der Waals surface area contributed by atoms with Gasteiger partial charge in [0.1, 0.15) is 19.3 Å². The van der Waals surface area contributed by atoms with Crippen LogP contribution < -0.4 is 0 Å². The molecule has 0 rings (SSSR count). The number of hydrogen-bond donors (Lipinski definition) is 3. The van der Waals surface area contributed by atoms with Crippen LogP contribution in [0.3, 0.4) is 0 Å². The summed E-state index contributed by atoms with van der Waals surface area (Å²) in [6.07, 6.45) is 66.8. The fourth-order valence-electron chi connectivity index (χ4n) is 12.7. The van der Waals surface area contributed by atoms with Crippen LogP contribution in [-0.4, -0.2) is 96.7 Å². The molecule has 0 heterocycles. The molecule has 0 amide bonds. The molecular weight excluding hydrogens is 1320 g/mol. The molecule has 0 saturated carbocycles. The molecular formula is C82H160O17P2. The second-order valence-electron chi connectivity index (χ2n) is 29.8. The molecule has 600 valence electrons. The maximum atomic E-state index is 13.1. The first-order valence-electron chi connectivity index (χ1n) is 42.7. The Labute approximate surface area is 619 Å². The molecule has 6 atom stereocenters. The summed E-state index contributed by atoms with van der Waals surface area (Å²) in [5.41, 5.74) is 0. The normalized spacial score (nSPS) is 14.1. The van der Waals surface area contributed by atoms with Crippen molar-refractivity contribution >= 4 is 39.5 Å². The number of unbranched alkanes of at least 4 members (excludes halogenated alkanes) is 53. The number of carbonyl (C=O) groups excluding carboxylic acids is 4. The maximum Gasteiger partial charge on any atom is 0.472 e. The fraction of sp³-hybridized carbons (Fsp3) is 0.951. The Balaban J connectivity index is 5.20. The molecule has 0 aliphatic rings. The second kappa shape index (κ2) is 74.9. The van der Waals surface area contributed by atoms with Gasteiger partial charge >= 0.3 is 39.5 Å². The highest BCUT2D eigenvalue weighted by atomic mass is 31.2. The molecule has 19 heteroatoms. The lowest BCUT2D eigenvalue weighted by Gasteiger charge is -2.21. The Kier molecular flexibility index (Phi) is 73.5. The highest BCUT2D eigenvalue weighted by molar-refractivity contribution is 7.47. The first-order chi connectivity index (χ1) is 49.1. The fourth-order valence-corrected chi connectivity index (χ4v) is 14.3. The highest BCUT2D eigenvalue weighted by Gasteiger charge is 2.30. The summed E-state index contributed by atoms with van der Waals surface area (Å²) in [5, 5.41) is 10.6. The van der Waals surface area contributed by atoms with Crippen molar-refractivity contribution in [3.05, 3.63) is 0 Å². The zero-order valence-electron chi connectivity index (χ0n) is 66.1. The average Bonchev–Trinajstić information content (AvgIpc) is 0.929. The summed E-state index contributed by atoms with van der Waals surface area (Å²) in [7, 11) is -9.92. The Morgan fingerprint density at radius 3 is 0.703 bits per heavy atom. The van der Waals surface area contributed by atoms with Crippen LogP contribution in [0.25, 0.3) is 0 Å². The van der Waals surface area contributed by atoms with E-state index < -0.39 is 97.5 Å². The number of carbonyl (C=O) groups is 4. The second-order valence-corrected chi connectivity index (χ2v) is 32.7. The van der Waals surface area contributed by atoms with Crippen LogP contribution in [0, 0.1) is 5.92 Å². The highest BCUT2D eigenvalue weighted by Crippen LogP contribution is 2.45. The quantitative estimate of drug-likeness (QED) is 0.0222. The minimum absolute atomic E-state index is 0.107. The third-order valence-corrected chi connectivity index (χ3v) is 21.5. The van der Waals surface area contributed by atoms with Gasteiger partial charge in [-0.3, -0.25) is 37.3 Å². The van der Waals surface area contributed by atoms with Gasteiger partial charge in [0, 0.05) is 25.7 Å². The van der Waals surface area contributed by atoms with Crippen LogP contribution in [0.4, 0.5) is 0 Å². The van der Waals surface area contributed by atoms with Crippen LogP contribution in [0.5, 0.6) is 0 Å². The predicted octanol–water partition coefficient (Wildman–Crippen LogP) is 24.8. The minimum atomic E-state index is -4.96. The van der Waals surface area contributed by atoms with Crippen molar-refractivity contribution in [2.75, 3.05) is 39.6 Å². The van der Waals surface area contributed by atoms with Crippen LogP contribution in [-0.2, 0) is 65.4 Å². The van der Waals surface area contributed by atoms with E-state index in [0.29, 0.717) is 25.7 Å². The molecule has 0 aromatic heterocycles. The van der Waals surface area contributed by atoms with E-state index in [-0.39, 0.29) is 25.7 Å². The molecule has 0 aromatic rings. The molecule has 3 N–H and O–H groups in total. The Morgan fingerprint density at radius 1 is 0.277 bits per heavy atom. The number of ether oxygens (including phenoxy) is 4. The van der Waals surface area contributed by atoms with E-state index in [9.17, 15) is 43.2 Å². The zero-order valence-corrected chi connectivity index (χ0v) is 67.8. The Hall–Kier alpha value is -1.94. The molecule has 0 aliphatic heterocycles. The van der Waals surface area contributed by atoms with Crippen LogP contribution in [0.2, 0.25) is 0 Å². The summed E-state index contributed by atoms with van der Waals surface area (Å²) in [6.45, 7) is 7.28. The molecule has 0 spiro atoms. The van der Waals surface area contributed by atoms with Gasteiger partial charge in [0.15, 0.2) is 12.2 Å². The van der Waals surface area contributed by atoms with Crippen molar-refractivity contribution in [3.63, 3.8) is 0 Å². The lowest BCUT2D eigenvalue weighted by Crippen LogP contribution is -2.30. The van der Waals surface area contributed by atoms with Crippen molar-refractivity contribution in [2.24, 2.45) is 5.92 Å². The van der Waals surface area contributed by atoms with Crippen molar-refractivity contribution in [3.8, 4) is 0 Å². The van der Waals surface area contributed by atoms with E-state index in [1.165, 1.54) is 257 Å². The molecule has 0 aliphatic carbocycles. The monoisotopic (exact) mass is 1480 g/mol. The topological polar surface area (TPSA) is 237 Å². The first kappa shape index (κ1) is 99.1. The number of aliphatic hydroxyl groups is 1. The van der Waals surface area contributed by atoms with Gasteiger partial charge in [0.25, 0.3) is 0 Å². The first-order valence-corrected chi connectivity index (χ1v) is 45.7. The van der Waals surface area contributed by atoms with Gasteiger partial charge in [-0.15, -0.1) is 0 Å². The van der Waals surface area contributed by atoms with E-state index >= 15 is 0 Å². The van der Waals surface area contributed by atoms with Gasteiger partial charge in [0.2, 0.25) is 0 Å². The van der Waals surface area contributed by atoms with E-state index in [4.69, 9.17) is 37.0 Å². The van der Waals surface area contributed by atoms with E-state index in [2.05, 4.69) is 34.6 Å². The Bertz CT molecular complexity index is 1930. The van der Waals surface area contributed by atoms with E-state index in [1.54, 1.807) is 0 Å². The molecule has 17 nitrogen and oxygen atoms in total. The molecule has 3 unspecified atom stereocenters. The average molecular weight is 1480 g/mol. The summed E-state index contributed by atoms with van der Waals surface area (Å²) in [6, 6.07) is 0. The molecule has 0 aromatic carbocycles. The molecule has 0 radical (unpaired) electrons. The third kappa shape index (κ3) is 74.7. The van der Waals surface area contributed by atoms with Gasteiger partial charge in [-0.1, -0.05) is 388 Å². The molecule has 0 bridgehead atoms. The van der Waals surface area contributed by atoms with Gasteiger partial charge < -0.3 is 33.8 Å². The van der Waals surface area contributed by atoms with E-state index in [1.807, 2.05) is 0 Å². The van der Waals surface area contributed by atoms with Crippen molar-refractivity contribution in [1.29, 1.82) is 0 Å². The number of esters is 4. The number of aliphatic hydroxyl groups excluding tert-OH is 1.